The number of benzene rings is 1. The highest BCUT2D eigenvalue weighted by Crippen LogP contribution is 2.46. The average Bonchev–Trinajstić information content (AvgIpc) is 2.15. The largest absolute Gasteiger partial charge is 0.417 e. The summed E-state index contributed by atoms with van der Waals surface area (Å²) in [5, 5.41) is 10.8. The molecule has 0 aromatic heterocycles. The minimum absolute atomic E-state index is 0.0747. The van der Waals surface area contributed by atoms with Crippen LogP contribution in [0.5, 0.6) is 5.75 Å². The lowest BCUT2D eigenvalue weighted by Crippen LogP contribution is -1.99. The van der Waals surface area contributed by atoms with Gasteiger partial charge in [0.05, 0.1) is 11.5 Å². The summed E-state index contributed by atoms with van der Waals surface area (Å²) in [7, 11) is 0. The maximum Gasteiger partial charge on any atom is 0.378 e. The van der Waals surface area contributed by atoms with Crippen LogP contribution in [0.1, 0.15) is 12.5 Å². The molecular formula is C9H12NO5PS. The molecule has 8 heteroatoms. The van der Waals surface area contributed by atoms with Gasteiger partial charge in [0, 0.05) is 17.9 Å². The van der Waals surface area contributed by atoms with E-state index in [1.807, 2.05) is 0 Å². The van der Waals surface area contributed by atoms with Crippen LogP contribution in [0.25, 0.3) is 0 Å². The predicted octanol–water partition coefficient (Wildman–Crippen LogP) is 2.54. The molecule has 1 atom stereocenters. The van der Waals surface area contributed by atoms with E-state index in [1.165, 1.54) is 12.1 Å². The number of hydrogen-bond donors (Lipinski definition) is 1. The molecule has 6 nitrogen and oxygen atoms in total. The highest BCUT2D eigenvalue weighted by Gasteiger charge is 2.23. The van der Waals surface area contributed by atoms with Crippen molar-refractivity contribution in [1.29, 1.82) is 0 Å². The van der Waals surface area contributed by atoms with Crippen LogP contribution < -0.4 is 4.52 Å². The summed E-state index contributed by atoms with van der Waals surface area (Å²) in [5.74, 6) is -0.0747. The van der Waals surface area contributed by atoms with E-state index in [2.05, 4.69) is 0 Å². The second-order valence-electron chi connectivity index (χ2n) is 3.21. The molecule has 0 fully saturated rings. The van der Waals surface area contributed by atoms with E-state index in [0.29, 0.717) is 0 Å². The Morgan fingerprint density at radius 2 is 2.24 bits per heavy atom. The van der Waals surface area contributed by atoms with Crippen LogP contribution in [0.4, 0.5) is 5.69 Å². The van der Waals surface area contributed by atoms with Gasteiger partial charge in [-0.15, -0.1) is 0 Å². The van der Waals surface area contributed by atoms with Gasteiger partial charge in [0.1, 0.15) is 0 Å². The van der Waals surface area contributed by atoms with Crippen molar-refractivity contribution < 1.29 is 18.9 Å². The van der Waals surface area contributed by atoms with Crippen molar-refractivity contribution >= 4 is 24.2 Å². The summed E-state index contributed by atoms with van der Waals surface area (Å²) in [5.41, 5.74) is 0.510. The van der Waals surface area contributed by atoms with Crippen molar-refractivity contribution in [3.05, 3.63) is 33.9 Å². The van der Waals surface area contributed by atoms with Crippen molar-refractivity contribution in [3.8, 4) is 5.75 Å². The number of nitrogens with zero attached hydrogens (tertiary/aromatic N) is 1. The highest BCUT2D eigenvalue weighted by molar-refractivity contribution is 8.07. The molecule has 1 rings (SSSR count). The van der Waals surface area contributed by atoms with Crippen LogP contribution in [0.2, 0.25) is 0 Å². The zero-order valence-corrected chi connectivity index (χ0v) is 11.0. The Balaban J connectivity index is 3.08. The first-order valence-corrected chi connectivity index (χ1v) is 7.37. The fraction of sp³-hybridized carbons (Fsp3) is 0.333. The first-order chi connectivity index (χ1) is 7.85. The molecule has 0 amide bonds. The molecule has 1 aromatic rings. The summed E-state index contributed by atoms with van der Waals surface area (Å²) < 4.78 is 9.88. The number of nitro groups is 1. The Labute approximate surface area is 104 Å². The van der Waals surface area contributed by atoms with Gasteiger partial charge >= 0.3 is 12.4 Å². The SMILES string of the molecule is CCOP(O)(=S)Oc1cc(C)ccc1[N+](=O)[O-]. The monoisotopic (exact) mass is 277 g/mol. The van der Waals surface area contributed by atoms with Crippen LogP contribution in [0.15, 0.2) is 18.2 Å². The Bertz CT molecular complexity index is 478. The number of nitro benzene ring substituents is 1. The fourth-order valence-electron chi connectivity index (χ4n) is 1.16. The van der Waals surface area contributed by atoms with Gasteiger partial charge < -0.3 is 9.42 Å². The molecule has 0 saturated carbocycles. The van der Waals surface area contributed by atoms with Crippen LogP contribution in [0, 0.1) is 17.0 Å². The molecule has 1 unspecified atom stereocenters. The second-order valence-corrected chi connectivity index (χ2v) is 5.97. The summed E-state index contributed by atoms with van der Waals surface area (Å²) in [4.78, 5) is 19.8. The van der Waals surface area contributed by atoms with Gasteiger partial charge in [0.25, 0.3) is 0 Å². The van der Waals surface area contributed by atoms with E-state index in [-0.39, 0.29) is 18.0 Å². The Kier molecular flexibility index (Phi) is 4.59. The fourth-order valence-corrected chi connectivity index (χ4v) is 2.49. The van der Waals surface area contributed by atoms with Crippen molar-refractivity contribution in [2.45, 2.75) is 13.8 Å². The Morgan fingerprint density at radius 3 is 2.76 bits per heavy atom. The number of rotatable bonds is 5. The first-order valence-electron chi connectivity index (χ1n) is 4.77. The molecule has 0 spiro atoms. The molecule has 1 N–H and O–H groups in total. The molecule has 1 aromatic carbocycles. The van der Waals surface area contributed by atoms with E-state index in [0.717, 1.165) is 5.56 Å². The van der Waals surface area contributed by atoms with Gasteiger partial charge in [0.15, 0.2) is 0 Å². The number of aryl methyl sites for hydroxylation is 1. The van der Waals surface area contributed by atoms with E-state index in [4.69, 9.17) is 20.9 Å². The summed E-state index contributed by atoms with van der Waals surface area (Å²) in [6.07, 6.45) is 0. The second kappa shape index (κ2) is 5.55. The molecule has 0 saturated heterocycles. The minimum Gasteiger partial charge on any atom is -0.417 e. The number of hydrogen-bond acceptors (Lipinski definition) is 5. The molecule has 17 heavy (non-hydrogen) atoms. The normalized spacial score (nSPS) is 14.1. The lowest BCUT2D eigenvalue weighted by atomic mass is 10.2. The molecule has 0 aliphatic carbocycles. The van der Waals surface area contributed by atoms with Gasteiger partial charge in [-0.05, 0) is 25.5 Å². The van der Waals surface area contributed by atoms with Crippen LogP contribution in [0.3, 0.4) is 0 Å². The maximum atomic E-state index is 10.8. The van der Waals surface area contributed by atoms with Crippen LogP contribution in [-0.2, 0) is 16.3 Å². The van der Waals surface area contributed by atoms with Gasteiger partial charge in [-0.25, -0.2) is 0 Å². The average molecular weight is 277 g/mol. The third-order valence-corrected chi connectivity index (χ3v) is 3.37. The van der Waals surface area contributed by atoms with E-state index in [1.54, 1.807) is 19.9 Å². The summed E-state index contributed by atoms with van der Waals surface area (Å²) in [6.45, 7) is 0.0943. The van der Waals surface area contributed by atoms with Crippen LogP contribution >= 0.6 is 6.72 Å². The molecular weight excluding hydrogens is 265 g/mol. The lowest BCUT2D eigenvalue weighted by molar-refractivity contribution is -0.385. The van der Waals surface area contributed by atoms with Crippen molar-refractivity contribution in [1.82, 2.24) is 0 Å². The van der Waals surface area contributed by atoms with Gasteiger partial charge in [-0.3, -0.25) is 14.6 Å². The lowest BCUT2D eigenvalue weighted by Gasteiger charge is -2.15. The third-order valence-electron chi connectivity index (χ3n) is 1.82. The smallest absolute Gasteiger partial charge is 0.378 e. The van der Waals surface area contributed by atoms with Gasteiger partial charge in [0.2, 0.25) is 5.75 Å². The Morgan fingerprint density at radius 1 is 1.59 bits per heavy atom. The van der Waals surface area contributed by atoms with E-state index in [9.17, 15) is 15.0 Å². The molecule has 0 heterocycles. The third kappa shape index (κ3) is 4.05. The quantitative estimate of drug-likeness (QED) is 0.506. The molecule has 0 bridgehead atoms. The summed E-state index contributed by atoms with van der Waals surface area (Å²) >= 11 is 4.71. The van der Waals surface area contributed by atoms with Crippen molar-refractivity contribution in [2.75, 3.05) is 6.61 Å². The van der Waals surface area contributed by atoms with Crippen LogP contribution in [-0.4, -0.2) is 16.4 Å². The van der Waals surface area contributed by atoms with E-state index >= 15 is 0 Å². The standard InChI is InChI=1S/C9H12NO5PS/c1-3-14-16(13,17)15-9-6-7(2)4-5-8(9)10(11)12/h4-6H,3H2,1-2H3,(H,13,17). The molecule has 0 aliphatic heterocycles. The van der Waals surface area contributed by atoms with E-state index < -0.39 is 11.6 Å². The summed E-state index contributed by atoms with van der Waals surface area (Å²) in [6, 6.07) is 4.31. The molecule has 0 aliphatic rings. The zero-order chi connectivity index (χ0) is 13.1. The van der Waals surface area contributed by atoms with Crippen molar-refractivity contribution in [3.63, 3.8) is 0 Å². The van der Waals surface area contributed by atoms with Gasteiger partial charge in [-0.2, -0.15) is 0 Å². The van der Waals surface area contributed by atoms with Crippen molar-refractivity contribution in [2.24, 2.45) is 0 Å². The Hall–Kier alpha value is -1.01. The maximum absolute atomic E-state index is 10.8. The van der Waals surface area contributed by atoms with Gasteiger partial charge in [-0.1, -0.05) is 6.07 Å². The minimum atomic E-state index is -3.47. The molecule has 94 valence electrons. The topological polar surface area (TPSA) is 81.8 Å². The first kappa shape index (κ1) is 14.1. The highest BCUT2D eigenvalue weighted by atomic mass is 32.5. The molecule has 0 radical (unpaired) electrons. The zero-order valence-electron chi connectivity index (χ0n) is 9.32. The predicted molar refractivity (Wildman–Crippen MR) is 66.6 cm³/mol.